The first kappa shape index (κ1) is 16.3. The number of methoxy groups -OCH3 is 2. The maximum absolute atomic E-state index is 9.84. The SMILES string of the molecule is COCCN(C(C)COC)C1CCCc2ccc(O)cc21. The molecule has 1 aromatic rings. The third kappa shape index (κ3) is 3.96. The minimum absolute atomic E-state index is 0.323. The van der Waals surface area contributed by atoms with Crippen LogP contribution in [0.1, 0.15) is 36.9 Å². The topological polar surface area (TPSA) is 41.9 Å². The number of nitrogens with zero attached hydrogens (tertiary/aromatic N) is 1. The minimum atomic E-state index is 0.323. The van der Waals surface area contributed by atoms with Crippen LogP contribution in [-0.4, -0.2) is 50.0 Å². The Labute approximate surface area is 127 Å². The monoisotopic (exact) mass is 293 g/mol. The Morgan fingerprint density at radius 3 is 2.86 bits per heavy atom. The second kappa shape index (κ2) is 7.78. The molecular formula is C17H27NO3. The Hall–Kier alpha value is -1.10. The molecule has 0 heterocycles. The van der Waals surface area contributed by atoms with Gasteiger partial charge < -0.3 is 14.6 Å². The summed E-state index contributed by atoms with van der Waals surface area (Å²) in [6.45, 7) is 4.48. The number of fused-ring (bicyclic) bond motifs is 1. The Balaban J connectivity index is 2.26. The highest BCUT2D eigenvalue weighted by molar-refractivity contribution is 5.38. The van der Waals surface area contributed by atoms with Crippen molar-refractivity contribution in [3.63, 3.8) is 0 Å². The molecule has 4 nitrogen and oxygen atoms in total. The molecule has 21 heavy (non-hydrogen) atoms. The summed E-state index contributed by atoms with van der Waals surface area (Å²) in [5.41, 5.74) is 2.62. The first-order valence-electron chi connectivity index (χ1n) is 7.72. The maximum atomic E-state index is 9.84. The molecule has 0 radical (unpaired) electrons. The molecule has 0 aromatic heterocycles. The molecule has 1 aromatic carbocycles. The number of rotatable bonds is 7. The van der Waals surface area contributed by atoms with Crippen LogP contribution in [0.2, 0.25) is 0 Å². The second-order valence-electron chi connectivity index (χ2n) is 5.83. The van der Waals surface area contributed by atoms with Gasteiger partial charge in [-0.05, 0) is 49.4 Å². The van der Waals surface area contributed by atoms with E-state index in [0.29, 0.717) is 31.0 Å². The number of ether oxygens (including phenoxy) is 2. The number of benzene rings is 1. The third-order valence-corrected chi connectivity index (χ3v) is 4.34. The van der Waals surface area contributed by atoms with E-state index in [9.17, 15) is 5.11 Å². The highest BCUT2D eigenvalue weighted by Crippen LogP contribution is 2.37. The molecule has 0 amide bonds. The molecule has 2 atom stereocenters. The summed E-state index contributed by atoms with van der Waals surface area (Å²) < 4.78 is 10.6. The molecular weight excluding hydrogens is 266 g/mol. The lowest BCUT2D eigenvalue weighted by Crippen LogP contribution is -2.42. The summed E-state index contributed by atoms with van der Waals surface area (Å²) in [5.74, 6) is 0.353. The van der Waals surface area contributed by atoms with Crippen molar-refractivity contribution in [1.29, 1.82) is 0 Å². The molecule has 0 spiro atoms. The Kier molecular flexibility index (Phi) is 6.03. The van der Waals surface area contributed by atoms with E-state index < -0.39 is 0 Å². The zero-order valence-electron chi connectivity index (χ0n) is 13.3. The largest absolute Gasteiger partial charge is 0.508 e. The van der Waals surface area contributed by atoms with Gasteiger partial charge in [-0.1, -0.05) is 6.07 Å². The van der Waals surface area contributed by atoms with Gasteiger partial charge in [0, 0.05) is 32.8 Å². The molecule has 1 aliphatic rings. The van der Waals surface area contributed by atoms with Crippen LogP contribution >= 0.6 is 0 Å². The van der Waals surface area contributed by atoms with E-state index in [2.05, 4.69) is 17.9 Å². The van der Waals surface area contributed by atoms with Crippen molar-refractivity contribution < 1.29 is 14.6 Å². The average Bonchev–Trinajstić information content (AvgIpc) is 2.48. The van der Waals surface area contributed by atoms with E-state index in [4.69, 9.17) is 9.47 Å². The lowest BCUT2D eigenvalue weighted by molar-refractivity contribution is 0.0410. The first-order valence-corrected chi connectivity index (χ1v) is 7.72. The van der Waals surface area contributed by atoms with Crippen molar-refractivity contribution in [2.24, 2.45) is 0 Å². The molecule has 0 saturated carbocycles. The Morgan fingerprint density at radius 1 is 1.33 bits per heavy atom. The van der Waals surface area contributed by atoms with Gasteiger partial charge in [-0.15, -0.1) is 0 Å². The van der Waals surface area contributed by atoms with Crippen LogP contribution in [0.25, 0.3) is 0 Å². The van der Waals surface area contributed by atoms with Gasteiger partial charge in [0.15, 0.2) is 0 Å². The fourth-order valence-electron chi connectivity index (χ4n) is 3.32. The number of aryl methyl sites for hydroxylation is 1. The lowest BCUT2D eigenvalue weighted by atomic mass is 9.86. The number of aromatic hydroxyl groups is 1. The van der Waals surface area contributed by atoms with E-state index in [1.165, 1.54) is 17.5 Å². The van der Waals surface area contributed by atoms with Crippen LogP contribution in [0, 0.1) is 0 Å². The normalized spacial score (nSPS) is 19.5. The summed E-state index contributed by atoms with van der Waals surface area (Å²) >= 11 is 0. The van der Waals surface area contributed by atoms with E-state index in [-0.39, 0.29) is 0 Å². The molecule has 118 valence electrons. The second-order valence-corrected chi connectivity index (χ2v) is 5.83. The summed E-state index contributed by atoms with van der Waals surface area (Å²) in [6.07, 6.45) is 3.41. The van der Waals surface area contributed by atoms with Gasteiger partial charge in [-0.25, -0.2) is 0 Å². The van der Waals surface area contributed by atoms with Crippen molar-refractivity contribution in [2.45, 2.75) is 38.3 Å². The quantitative estimate of drug-likeness (QED) is 0.839. The van der Waals surface area contributed by atoms with Crippen molar-refractivity contribution in [1.82, 2.24) is 4.90 Å². The average molecular weight is 293 g/mol. The molecule has 2 unspecified atom stereocenters. The fraction of sp³-hybridized carbons (Fsp3) is 0.647. The first-order chi connectivity index (χ1) is 10.2. The van der Waals surface area contributed by atoms with Crippen LogP contribution in [0.3, 0.4) is 0 Å². The van der Waals surface area contributed by atoms with Gasteiger partial charge >= 0.3 is 0 Å². The molecule has 1 N–H and O–H groups in total. The lowest BCUT2D eigenvalue weighted by Gasteiger charge is -2.39. The Morgan fingerprint density at radius 2 is 2.14 bits per heavy atom. The van der Waals surface area contributed by atoms with Gasteiger partial charge in [0.1, 0.15) is 5.75 Å². The summed E-state index contributed by atoms with van der Waals surface area (Å²) in [5, 5.41) is 9.84. The molecule has 0 saturated heterocycles. The zero-order chi connectivity index (χ0) is 15.2. The van der Waals surface area contributed by atoms with E-state index in [0.717, 1.165) is 19.4 Å². The summed E-state index contributed by atoms with van der Waals surface area (Å²) in [4.78, 5) is 2.45. The van der Waals surface area contributed by atoms with E-state index >= 15 is 0 Å². The molecule has 0 fully saturated rings. The van der Waals surface area contributed by atoms with Crippen molar-refractivity contribution in [3.8, 4) is 5.75 Å². The van der Waals surface area contributed by atoms with Crippen LogP contribution in [0.5, 0.6) is 5.75 Å². The predicted octanol–water partition coefficient (Wildman–Crippen LogP) is 2.75. The van der Waals surface area contributed by atoms with Crippen LogP contribution < -0.4 is 0 Å². The summed E-state index contributed by atoms with van der Waals surface area (Å²) in [6, 6.07) is 6.44. The van der Waals surface area contributed by atoms with E-state index in [1.54, 1.807) is 20.3 Å². The molecule has 2 rings (SSSR count). The number of phenolic OH excluding ortho intramolecular Hbond substituents is 1. The van der Waals surface area contributed by atoms with Crippen molar-refractivity contribution in [2.75, 3.05) is 34.0 Å². The number of hydrogen-bond acceptors (Lipinski definition) is 4. The van der Waals surface area contributed by atoms with Gasteiger partial charge in [0.05, 0.1) is 13.2 Å². The Bertz CT molecular complexity index is 450. The zero-order valence-corrected chi connectivity index (χ0v) is 13.3. The molecule has 1 aliphatic carbocycles. The number of hydrogen-bond donors (Lipinski definition) is 1. The van der Waals surface area contributed by atoms with Gasteiger partial charge in [-0.2, -0.15) is 0 Å². The van der Waals surface area contributed by atoms with Gasteiger partial charge in [-0.3, -0.25) is 4.90 Å². The van der Waals surface area contributed by atoms with E-state index in [1.807, 2.05) is 6.07 Å². The smallest absolute Gasteiger partial charge is 0.115 e. The predicted molar refractivity (Wildman–Crippen MR) is 83.7 cm³/mol. The molecule has 4 heteroatoms. The fourth-order valence-corrected chi connectivity index (χ4v) is 3.32. The molecule has 0 bridgehead atoms. The highest BCUT2D eigenvalue weighted by atomic mass is 16.5. The van der Waals surface area contributed by atoms with Crippen molar-refractivity contribution >= 4 is 0 Å². The van der Waals surface area contributed by atoms with Crippen molar-refractivity contribution in [3.05, 3.63) is 29.3 Å². The van der Waals surface area contributed by atoms with Crippen LogP contribution in [0.15, 0.2) is 18.2 Å². The van der Waals surface area contributed by atoms with Crippen LogP contribution in [0.4, 0.5) is 0 Å². The standard InChI is InChI=1S/C17H27NO3/c1-13(12-21-3)18(9-10-20-2)17-6-4-5-14-7-8-15(19)11-16(14)17/h7-8,11,13,17,19H,4-6,9-10,12H2,1-3H3. The number of phenols is 1. The minimum Gasteiger partial charge on any atom is -0.508 e. The van der Waals surface area contributed by atoms with Crippen LogP contribution in [-0.2, 0) is 15.9 Å². The third-order valence-electron chi connectivity index (χ3n) is 4.34. The summed E-state index contributed by atoms with van der Waals surface area (Å²) in [7, 11) is 3.48. The molecule has 0 aliphatic heterocycles. The highest BCUT2D eigenvalue weighted by Gasteiger charge is 2.29. The maximum Gasteiger partial charge on any atom is 0.115 e. The van der Waals surface area contributed by atoms with Gasteiger partial charge in [0.25, 0.3) is 0 Å². The van der Waals surface area contributed by atoms with Gasteiger partial charge in [0.2, 0.25) is 0 Å².